The van der Waals surface area contributed by atoms with Gasteiger partial charge in [-0.1, -0.05) is 55.1 Å². The fourth-order valence-corrected chi connectivity index (χ4v) is 5.93. The third-order valence-corrected chi connectivity index (χ3v) is 8.43. The van der Waals surface area contributed by atoms with Crippen LogP contribution in [0.4, 0.5) is 9.52 Å². The Morgan fingerprint density at radius 1 is 1.13 bits per heavy atom. The number of sulfonamides is 1. The zero-order valence-electron chi connectivity index (χ0n) is 16.9. The summed E-state index contributed by atoms with van der Waals surface area (Å²) >= 11 is 2.63. The number of benzene rings is 2. The van der Waals surface area contributed by atoms with Crippen LogP contribution in [0.25, 0.3) is 0 Å². The lowest BCUT2D eigenvalue weighted by Gasteiger charge is -2.18. The number of nitrogens with one attached hydrogen (secondary N) is 1. The van der Waals surface area contributed by atoms with E-state index in [1.54, 1.807) is 32.0 Å². The normalized spacial score (nSPS) is 11.6. The first-order valence-electron chi connectivity index (χ1n) is 9.45. The minimum atomic E-state index is -3.66. The van der Waals surface area contributed by atoms with Gasteiger partial charge in [0.15, 0.2) is 4.34 Å². The van der Waals surface area contributed by atoms with Crippen LogP contribution in [-0.2, 0) is 15.8 Å². The lowest BCUT2D eigenvalue weighted by Crippen LogP contribution is -2.30. The monoisotopic (exact) mass is 480 g/mol. The van der Waals surface area contributed by atoms with E-state index in [2.05, 4.69) is 15.5 Å². The van der Waals surface area contributed by atoms with Crippen molar-refractivity contribution in [3.8, 4) is 0 Å². The maximum Gasteiger partial charge on any atom is 0.257 e. The van der Waals surface area contributed by atoms with Crippen LogP contribution in [0, 0.1) is 5.82 Å². The van der Waals surface area contributed by atoms with Gasteiger partial charge in [-0.15, -0.1) is 10.2 Å². The van der Waals surface area contributed by atoms with E-state index in [0.29, 0.717) is 28.3 Å². The van der Waals surface area contributed by atoms with Crippen LogP contribution in [0.15, 0.2) is 57.8 Å². The molecule has 1 N–H and O–H groups in total. The Morgan fingerprint density at radius 3 is 2.52 bits per heavy atom. The number of halogens is 1. The molecule has 0 unspecified atom stereocenters. The molecule has 3 rings (SSSR count). The Labute approximate surface area is 188 Å². The molecule has 1 aromatic heterocycles. The minimum absolute atomic E-state index is 0.0663. The molecule has 1 heterocycles. The SMILES string of the molecule is CCN(CC)S(=O)(=O)c1cccc(C(=O)Nc2nnc(SCc3ccc(F)cc3)s2)c1. The zero-order chi connectivity index (χ0) is 22.4. The molecule has 0 saturated carbocycles. The van der Waals surface area contributed by atoms with E-state index >= 15 is 0 Å². The van der Waals surface area contributed by atoms with Crippen molar-refractivity contribution in [1.29, 1.82) is 0 Å². The Kier molecular flexibility index (Phi) is 7.76. The number of hydrogen-bond acceptors (Lipinski definition) is 7. The molecule has 0 spiro atoms. The van der Waals surface area contributed by atoms with Gasteiger partial charge in [0, 0.05) is 24.4 Å². The smallest absolute Gasteiger partial charge is 0.257 e. The van der Waals surface area contributed by atoms with Gasteiger partial charge in [0.2, 0.25) is 15.2 Å². The highest BCUT2D eigenvalue weighted by Gasteiger charge is 2.22. The predicted molar refractivity (Wildman–Crippen MR) is 120 cm³/mol. The number of anilines is 1. The lowest BCUT2D eigenvalue weighted by atomic mass is 10.2. The van der Waals surface area contributed by atoms with E-state index in [1.165, 1.54) is 57.7 Å². The Morgan fingerprint density at radius 2 is 1.84 bits per heavy atom. The van der Waals surface area contributed by atoms with Crippen LogP contribution in [0.2, 0.25) is 0 Å². The molecule has 0 fully saturated rings. The van der Waals surface area contributed by atoms with E-state index in [4.69, 9.17) is 0 Å². The molecular weight excluding hydrogens is 459 g/mol. The number of hydrogen-bond donors (Lipinski definition) is 1. The van der Waals surface area contributed by atoms with E-state index < -0.39 is 15.9 Å². The van der Waals surface area contributed by atoms with Gasteiger partial charge >= 0.3 is 0 Å². The molecule has 0 aliphatic heterocycles. The third kappa shape index (κ3) is 5.88. The van der Waals surface area contributed by atoms with Crippen LogP contribution in [-0.4, -0.2) is 41.9 Å². The molecule has 2 aromatic carbocycles. The maximum absolute atomic E-state index is 13.0. The average Bonchev–Trinajstić information content (AvgIpc) is 3.21. The highest BCUT2D eigenvalue weighted by atomic mass is 32.2. The van der Waals surface area contributed by atoms with Crippen molar-refractivity contribution < 1.29 is 17.6 Å². The molecule has 0 radical (unpaired) electrons. The molecule has 0 saturated heterocycles. The first kappa shape index (κ1) is 23.3. The number of carbonyl (C=O) groups is 1. The summed E-state index contributed by atoms with van der Waals surface area (Å²) in [6.07, 6.45) is 0. The summed E-state index contributed by atoms with van der Waals surface area (Å²) in [7, 11) is -3.66. The molecule has 1 amide bonds. The number of aromatic nitrogens is 2. The van der Waals surface area contributed by atoms with Crippen molar-refractivity contribution in [3.05, 3.63) is 65.5 Å². The van der Waals surface area contributed by atoms with E-state index in [-0.39, 0.29) is 16.3 Å². The zero-order valence-corrected chi connectivity index (χ0v) is 19.4. The summed E-state index contributed by atoms with van der Waals surface area (Å²) in [4.78, 5) is 12.7. The fourth-order valence-electron chi connectivity index (χ4n) is 2.72. The number of rotatable bonds is 9. The number of nitrogens with zero attached hydrogens (tertiary/aromatic N) is 3. The van der Waals surface area contributed by atoms with Crippen molar-refractivity contribution in [2.45, 2.75) is 28.8 Å². The van der Waals surface area contributed by atoms with Crippen molar-refractivity contribution in [3.63, 3.8) is 0 Å². The van der Waals surface area contributed by atoms with Crippen LogP contribution >= 0.6 is 23.1 Å². The van der Waals surface area contributed by atoms with E-state index in [0.717, 1.165) is 5.56 Å². The number of carbonyl (C=O) groups excluding carboxylic acids is 1. The van der Waals surface area contributed by atoms with E-state index in [1.807, 2.05) is 0 Å². The summed E-state index contributed by atoms with van der Waals surface area (Å²) in [6, 6.07) is 12.1. The molecule has 0 aliphatic rings. The number of thioether (sulfide) groups is 1. The van der Waals surface area contributed by atoms with Crippen LogP contribution < -0.4 is 5.32 Å². The Hall–Kier alpha value is -2.34. The van der Waals surface area contributed by atoms with Crippen molar-refractivity contribution >= 4 is 44.2 Å². The van der Waals surface area contributed by atoms with Gasteiger partial charge in [0.25, 0.3) is 5.91 Å². The molecule has 11 heteroatoms. The number of amides is 1. The first-order chi connectivity index (χ1) is 14.8. The maximum atomic E-state index is 13.0. The van der Waals surface area contributed by atoms with Gasteiger partial charge in [-0.3, -0.25) is 10.1 Å². The van der Waals surface area contributed by atoms with Gasteiger partial charge < -0.3 is 0 Å². The van der Waals surface area contributed by atoms with Gasteiger partial charge in [-0.25, -0.2) is 12.8 Å². The summed E-state index contributed by atoms with van der Waals surface area (Å²) < 4.78 is 40.3. The van der Waals surface area contributed by atoms with Crippen LogP contribution in [0.1, 0.15) is 29.8 Å². The molecular formula is C20H21FN4O3S3. The quantitative estimate of drug-likeness (QED) is 0.364. The van der Waals surface area contributed by atoms with Gasteiger partial charge in [0.05, 0.1) is 4.90 Å². The second-order valence-electron chi connectivity index (χ2n) is 6.36. The first-order valence-corrected chi connectivity index (χ1v) is 12.7. The summed E-state index contributed by atoms with van der Waals surface area (Å²) in [5, 5.41) is 11.0. The Bertz CT molecular complexity index is 1150. The standard InChI is InChI=1S/C20H21FN4O3S3/c1-3-25(4-2)31(27,28)17-7-5-6-15(12-17)18(26)22-19-23-24-20(30-19)29-13-14-8-10-16(21)11-9-14/h5-12H,3-4,13H2,1-2H3,(H,22,23,26). The molecule has 0 aliphatic carbocycles. The second kappa shape index (κ2) is 10.3. The summed E-state index contributed by atoms with van der Waals surface area (Å²) in [5.74, 6) is -0.167. The highest BCUT2D eigenvalue weighted by Crippen LogP contribution is 2.28. The van der Waals surface area contributed by atoms with Gasteiger partial charge in [0.1, 0.15) is 5.82 Å². The summed E-state index contributed by atoms with van der Waals surface area (Å²) in [5.41, 5.74) is 1.15. The van der Waals surface area contributed by atoms with Crippen molar-refractivity contribution in [2.75, 3.05) is 18.4 Å². The van der Waals surface area contributed by atoms with Crippen LogP contribution in [0.5, 0.6) is 0 Å². The molecule has 31 heavy (non-hydrogen) atoms. The average molecular weight is 481 g/mol. The third-order valence-electron chi connectivity index (χ3n) is 4.34. The fraction of sp³-hybridized carbons (Fsp3) is 0.250. The topological polar surface area (TPSA) is 92.3 Å². The van der Waals surface area contributed by atoms with E-state index in [9.17, 15) is 17.6 Å². The van der Waals surface area contributed by atoms with Crippen LogP contribution in [0.3, 0.4) is 0 Å². The molecule has 0 bridgehead atoms. The highest BCUT2D eigenvalue weighted by molar-refractivity contribution is 8.00. The molecule has 3 aromatic rings. The molecule has 164 valence electrons. The molecule has 0 atom stereocenters. The van der Waals surface area contributed by atoms with Gasteiger partial charge in [-0.05, 0) is 35.9 Å². The van der Waals surface area contributed by atoms with Crippen molar-refractivity contribution in [2.24, 2.45) is 0 Å². The largest absolute Gasteiger partial charge is 0.296 e. The second-order valence-corrected chi connectivity index (χ2v) is 10.5. The molecule has 7 nitrogen and oxygen atoms in total. The van der Waals surface area contributed by atoms with Crippen molar-refractivity contribution in [1.82, 2.24) is 14.5 Å². The predicted octanol–water partition coefficient (Wildman–Crippen LogP) is 4.25. The minimum Gasteiger partial charge on any atom is -0.296 e. The Balaban J connectivity index is 1.66. The lowest BCUT2D eigenvalue weighted by molar-refractivity contribution is 0.102. The summed E-state index contributed by atoms with van der Waals surface area (Å²) in [6.45, 7) is 4.22. The van der Waals surface area contributed by atoms with Gasteiger partial charge in [-0.2, -0.15) is 4.31 Å².